The third kappa shape index (κ3) is 5.13. The highest BCUT2D eigenvalue weighted by Gasteiger charge is 2.36. The van der Waals surface area contributed by atoms with E-state index in [2.05, 4.69) is 72.8 Å². The molecule has 3 aromatic carbocycles. The van der Waals surface area contributed by atoms with Crippen molar-refractivity contribution in [1.82, 2.24) is 0 Å². The zero-order valence-electron chi connectivity index (χ0n) is 17.4. The highest BCUT2D eigenvalue weighted by Crippen LogP contribution is 2.52. The Labute approximate surface area is 180 Å². The predicted molar refractivity (Wildman–Crippen MR) is 129 cm³/mol. The summed E-state index contributed by atoms with van der Waals surface area (Å²) in [4.78, 5) is 13.1. The van der Waals surface area contributed by atoms with Gasteiger partial charge in [-0.3, -0.25) is 4.79 Å². The van der Waals surface area contributed by atoms with Gasteiger partial charge >= 0.3 is 0 Å². The van der Waals surface area contributed by atoms with Gasteiger partial charge in [-0.2, -0.15) is 0 Å². The predicted octanol–water partition coefficient (Wildman–Crippen LogP) is 5.73. The van der Waals surface area contributed by atoms with Crippen LogP contribution in [0.4, 0.5) is 0 Å². The minimum absolute atomic E-state index is 0.0800. The molecule has 0 amide bonds. The van der Waals surface area contributed by atoms with Crippen LogP contribution in [0.2, 0.25) is 0 Å². The highest BCUT2D eigenvalue weighted by molar-refractivity contribution is 8.22. The van der Waals surface area contributed by atoms with Gasteiger partial charge in [0.1, 0.15) is 5.78 Å². The van der Waals surface area contributed by atoms with Crippen LogP contribution in [0, 0.1) is 5.41 Å². The van der Waals surface area contributed by atoms with Gasteiger partial charge in [0.25, 0.3) is 0 Å². The van der Waals surface area contributed by atoms with Gasteiger partial charge in [-0.1, -0.05) is 124 Å². The van der Waals surface area contributed by atoms with E-state index in [1.165, 1.54) is 16.2 Å². The van der Waals surface area contributed by atoms with Gasteiger partial charge in [0.15, 0.2) is 0 Å². The molecule has 3 aromatic rings. The third-order valence-electron chi connectivity index (χ3n) is 5.37. The van der Waals surface area contributed by atoms with E-state index >= 15 is 0 Å². The van der Waals surface area contributed by atoms with Crippen LogP contribution >= 0.6 is 6.04 Å². The zero-order chi connectivity index (χ0) is 20.9. The molecule has 0 spiro atoms. The molecular formula is C26H29OPS. The summed E-state index contributed by atoms with van der Waals surface area (Å²) in [7, 11) is 0. The average molecular weight is 421 g/mol. The van der Waals surface area contributed by atoms with Crippen molar-refractivity contribution in [2.24, 2.45) is 5.41 Å². The molecule has 0 aliphatic carbocycles. The second-order valence-corrected chi connectivity index (χ2v) is 13.4. The maximum Gasteiger partial charge on any atom is 0.138 e. The highest BCUT2D eigenvalue weighted by atomic mass is 32.4. The van der Waals surface area contributed by atoms with Crippen LogP contribution in [0.25, 0.3) is 0 Å². The first-order valence-corrected chi connectivity index (χ1v) is 13.0. The van der Waals surface area contributed by atoms with E-state index in [1.54, 1.807) is 0 Å². The molecule has 0 fully saturated rings. The minimum atomic E-state index is -2.21. The van der Waals surface area contributed by atoms with E-state index < -0.39 is 6.04 Å². The number of hydrogen-bond acceptors (Lipinski definition) is 2. The molecule has 0 aliphatic rings. The second kappa shape index (κ2) is 9.20. The van der Waals surface area contributed by atoms with Crippen molar-refractivity contribution in [2.75, 3.05) is 0 Å². The molecule has 0 saturated heterocycles. The van der Waals surface area contributed by atoms with Crippen molar-refractivity contribution < 1.29 is 4.79 Å². The number of benzene rings is 3. The van der Waals surface area contributed by atoms with Crippen LogP contribution in [-0.2, 0) is 23.0 Å². The smallest absolute Gasteiger partial charge is 0.138 e. The molecule has 0 heterocycles. The maximum absolute atomic E-state index is 13.1. The Morgan fingerprint density at radius 2 is 1.21 bits per heavy atom. The van der Waals surface area contributed by atoms with Gasteiger partial charge in [-0.15, -0.1) is 0 Å². The molecule has 150 valence electrons. The van der Waals surface area contributed by atoms with E-state index in [4.69, 9.17) is 11.8 Å². The molecule has 0 radical (unpaired) electrons. The lowest BCUT2D eigenvalue weighted by Crippen LogP contribution is -2.32. The van der Waals surface area contributed by atoms with Crippen molar-refractivity contribution in [2.45, 2.75) is 39.3 Å². The van der Waals surface area contributed by atoms with Crippen molar-refractivity contribution in [3.63, 3.8) is 0 Å². The number of rotatable bonds is 7. The molecule has 0 saturated carbocycles. The Hall–Kier alpha value is -2.02. The first kappa shape index (κ1) is 21.7. The van der Waals surface area contributed by atoms with Gasteiger partial charge in [-0.25, -0.2) is 0 Å². The molecule has 1 atom stereocenters. The fourth-order valence-corrected chi connectivity index (χ4v) is 8.05. The van der Waals surface area contributed by atoms with Crippen LogP contribution in [0.15, 0.2) is 91.0 Å². The summed E-state index contributed by atoms with van der Waals surface area (Å²) >= 11 is 6.56. The fourth-order valence-electron chi connectivity index (χ4n) is 3.61. The summed E-state index contributed by atoms with van der Waals surface area (Å²) in [5.41, 5.74) is 0.944. The SMILES string of the molecule is CC(C)(C)C(=O)CC(Cc1ccccc1)P(=S)(c1ccccc1)c1ccccc1. The van der Waals surface area contributed by atoms with Crippen LogP contribution in [0.1, 0.15) is 32.8 Å². The van der Waals surface area contributed by atoms with Crippen molar-refractivity contribution in [3.8, 4) is 0 Å². The fraction of sp³-hybridized carbons (Fsp3) is 0.269. The van der Waals surface area contributed by atoms with Crippen LogP contribution in [0.3, 0.4) is 0 Å². The standard InChI is InChI=1S/C26H29OPS/c1-26(2,3)25(27)20-24(19-21-13-7-4-8-14-21)28(29,22-15-9-5-10-16-22)23-17-11-6-12-18-23/h4-18,24H,19-20H2,1-3H3. The summed E-state index contributed by atoms with van der Waals surface area (Å²) in [6, 6.07) is 29.1. The molecule has 0 aromatic heterocycles. The minimum Gasteiger partial charge on any atom is -0.299 e. The van der Waals surface area contributed by atoms with Gasteiger partial charge in [0.05, 0.1) is 0 Å². The summed E-state index contributed by atoms with van der Waals surface area (Å²) in [6.45, 7) is 6.01. The van der Waals surface area contributed by atoms with Gasteiger partial charge < -0.3 is 0 Å². The topological polar surface area (TPSA) is 17.1 Å². The van der Waals surface area contributed by atoms with Crippen LogP contribution in [-0.4, -0.2) is 11.4 Å². The molecule has 1 unspecified atom stereocenters. The summed E-state index contributed by atoms with van der Waals surface area (Å²) in [5.74, 6) is 0.277. The van der Waals surface area contributed by atoms with Gasteiger partial charge in [0.2, 0.25) is 0 Å². The monoisotopic (exact) mass is 420 g/mol. The van der Waals surface area contributed by atoms with E-state index in [0.29, 0.717) is 6.42 Å². The van der Waals surface area contributed by atoms with Crippen LogP contribution in [0.5, 0.6) is 0 Å². The maximum atomic E-state index is 13.1. The second-order valence-electron chi connectivity index (χ2n) is 8.55. The molecule has 29 heavy (non-hydrogen) atoms. The zero-order valence-corrected chi connectivity index (χ0v) is 19.1. The number of carbonyl (C=O) groups excluding carboxylic acids is 1. The van der Waals surface area contributed by atoms with Gasteiger partial charge in [-0.05, 0) is 22.6 Å². The number of hydrogen-bond donors (Lipinski definition) is 0. The number of Topliss-reactive ketones (excluding diaryl/α,β-unsaturated/α-hetero) is 1. The number of carbonyl (C=O) groups is 1. The first-order valence-electron chi connectivity index (χ1n) is 10.1. The quantitative estimate of drug-likeness (QED) is 0.454. The van der Waals surface area contributed by atoms with E-state index in [9.17, 15) is 4.79 Å². The van der Waals surface area contributed by atoms with Crippen molar-refractivity contribution in [3.05, 3.63) is 96.6 Å². The summed E-state index contributed by atoms with van der Waals surface area (Å²) < 4.78 is 0. The molecule has 3 heteroatoms. The largest absolute Gasteiger partial charge is 0.299 e. The van der Waals surface area contributed by atoms with Crippen molar-refractivity contribution >= 4 is 34.2 Å². The summed E-state index contributed by atoms with van der Waals surface area (Å²) in [5, 5.41) is 2.37. The summed E-state index contributed by atoms with van der Waals surface area (Å²) in [6.07, 6.45) is 1.31. The van der Waals surface area contributed by atoms with E-state index in [-0.39, 0.29) is 16.9 Å². The lowest BCUT2D eigenvalue weighted by Gasteiger charge is -2.34. The average Bonchev–Trinajstić information content (AvgIpc) is 2.74. The Morgan fingerprint density at radius 1 is 0.793 bits per heavy atom. The van der Waals surface area contributed by atoms with Gasteiger partial charge in [0, 0.05) is 23.5 Å². The van der Waals surface area contributed by atoms with Crippen molar-refractivity contribution in [1.29, 1.82) is 0 Å². The molecule has 1 nitrogen and oxygen atoms in total. The Balaban J connectivity index is 2.14. The van der Waals surface area contributed by atoms with Crippen LogP contribution < -0.4 is 10.6 Å². The molecular weight excluding hydrogens is 391 g/mol. The first-order chi connectivity index (χ1) is 13.8. The molecule has 0 N–H and O–H groups in total. The molecule has 0 bridgehead atoms. The molecule has 3 rings (SSSR count). The lowest BCUT2D eigenvalue weighted by molar-refractivity contribution is -0.126. The Morgan fingerprint density at radius 3 is 1.62 bits per heavy atom. The normalized spacial score (nSPS) is 13.1. The Bertz CT molecular complexity index is 932. The number of ketones is 1. The molecule has 0 aliphatic heterocycles. The lowest BCUT2D eigenvalue weighted by atomic mass is 9.87. The third-order valence-corrected chi connectivity index (χ3v) is 11.0. The Kier molecular flexibility index (Phi) is 6.88. The van der Waals surface area contributed by atoms with E-state index in [0.717, 1.165) is 6.42 Å². The van der Waals surface area contributed by atoms with E-state index in [1.807, 2.05) is 39.0 Å².